The Balaban J connectivity index is 1.31. The van der Waals surface area contributed by atoms with Gasteiger partial charge in [0, 0.05) is 23.6 Å². The Morgan fingerprint density at radius 3 is 2.53 bits per heavy atom. The van der Waals surface area contributed by atoms with Crippen molar-refractivity contribution in [2.45, 2.75) is 44.2 Å². The summed E-state index contributed by atoms with van der Waals surface area (Å²) in [5, 5.41) is 10.2. The van der Waals surface area contributed by atoms with E-state index in [1.54, 1.807) is 6.07 Å². The van der Waals surface area contributed by atoms with Crippen LogP contribution in [0.25, 0.3) is 0 Å². The van der Waals surface area contributed by atoms with Crippen molar-refractivity contribution in [2.75, 3.05) is 26.2 Å². The van der Waals surface area contributed by atoms with Gasteiger partial charge in [0.25, 0.3) is 5.91 Å². The quantitative estimate of drug-likeness (QED) is 0.509. The molecule has 2 heterocycles. The molecule has 186 valence electrons. The molecule has 1 saturated carbocycles. The van der Waals surface area contributed by atoms with Crippen LogP contribution in [-0.4, -0.2) is 52.6 Å². The Morgan fingerprint density at radius 2 is 1.83 bits per heavy atom. The SMILES string of the molecule is CCN1CC[C@@H](COc2ccc([C@@H]3c4ccc(O)cc4CC4(CC4)N3C(=O)c3ccccc3)cc2)C1. The maximum Gasteiger partial charge on any atom is 0.255 e. The number of amides is 1. The summed E-state index contributed by atoms with van der Waals surface area (Å²) in [6, 6.07) is 23.3. The molecule has 1 spiro atoms. The highest BCUT2D eigenvalue weighted by Gasteiger charge is 2.56. The largest absolute Gasteiger partial charge is 0.508 e. The molecule has 3 aromatic rings. The highest BCUT2D eigenvalue weighted by molar-refractivity contribution is 5.96. The molecule has 1 amide bonds. The van der Waals surface area contributed by atoms with Gasteiger partial charge in [0.05, 0.1) is 12.6 Å². The van der Waals surface area contributed by atoms with Gasteiger partial charge in [-0.1, -0.05) is 43.3 Å². The predicted octanol–water partition coefficient (Wildman–Crippen LogP) is 5.43. The number of ether oxygens (including phenoxy) is 1. The van der Waals surface area contributed by atoms with Gasteiger partial charge in [-0.15, -0.1) is 0 Å². The number of likely N-dealkylation sites (tertiary alicyclic amines) is 1. The Hall–Kier alpha value is -3.31. The van der Waals surface area contributed by atoms with Gasteiger partial charge in [0.1, 0.15) is 11.5 Å². The summed E-state index contributed by atoms with van der Waals surface area (Å²) in [5.41, 5.74) is 3.82. The highest BCUT2D eigenvalue weighted by atomic mass is 16.5. The van der Waals surface area contributed by atoms with Crippen LogP contribution in [-0.2, 0) is 6.42 Å². The fourth-order valence-electron chi connectivity index (χ4n) is 6.10. The lowest BCUT2D eigenvalue weighted by molar-refractivity contribution is 0.0541. The number of rotatable bonds is 6. The van der Waals surface area contributed by atoms with Gasteiger partial charge in [-0.3, -0.25) is 4.79 Å². The summed E-state index contributed by atoms with van der Waals surface area (Å²) in [6.45, 7) is 6.32. The molecular weight excluding hydrogens is 448 g/mol. The standard InChI is InChI=1S/C31H34N2O3/c1-2-32-17-14-22(20-32)21-36-27-11-8-23(9-12-27)29-28-13-10-26(34)18-25(28)19-31(15-16-31)33(29)30(35)24-6-4-3-5-7-24/h3-13,18,22,29,34H,2,14-17,19-21H2,1H3/t22-,29-/m1/s1. The van der Waals surface area contributed by atoms with Gasteiger partial charge in [-0.05, 0) is 91.9 Å². The molecule has 1 aliphatic carbocycles. The molecule has 36 heavy (non-hydrogen) atoms. The molecule has 6 rings (SSSR count). The van der Waals surface area contributed by atoms with Crippen molar-refractivity contribution in [2.24, 2.45) is 5.92 Å². The summed E-state index contributed by atoms with van der Waals surface area (Å²) in [4.78, 5) is 18.5. The topological polar surface area (TPSA) is 53.0 Å². The van der Waals surface area contributed by atoms with Crippen LogP contribution >= 0.6 is 0 Å². The number of phenols is 1. The average molecular weight is 483 g/mol. The minimum atomic E-state index is -0.202. The van der Waals surface area contributed by atoms with Crippen molar-refractivity contribution in [3.8, 4) is 11.5 Å². The summed E-state index contributed by atoms with van der Waals surface area (Å²) in [6.07, 6.45) is 3.93. The van der Waals surface area contributed by atoms with Crippen molar-refractivity contribution in [3.05, 3.63) is 95.1 Å². The lowest BCUT2D eigenvalue weighted by Crippen LogP contribution is -2.49. The van der Waals surface area contributed by atoms with Crippen LogP contribution in [0, 0.1) is 5.92 Å². The van der Waals surface area contributed by atoms with E-state index in [0.29, 0.717) is 11.5 Å². The van der Waals surface area contributed by atoms with Gasteiger partial charge in [0.2, 0.25) is 0 Å². The van der Waals surface area contributed by atoms with Crippen LogP contribution < -0.4 is 4.74 Å². The van der Waals surface area contributed by atoms with Crippen molar-refractivity contribution in [3.63, 3.8) is 0 Å². The molecule has 0 bridgehead atoms. The third-order valence-corrected chi connectivity index (χ3v) is 8.28. The van der Waals surface area contributed by atoms with E-state index in [-0.39, 0.29) is 23.2 Å². The van der Waals surface area contributed by atoms with Crippen LogP contribution in [0.2, 0.25) is 0 Å². The Labute approximate surface area is 213 Å². The maximum absolute atomic E-state index is 13.9. The number of hydrogen-bond acceptors (Lipinski definition) is 4. The van der Waals surface area contributed by atoms with E-state index in [1.165, 1.54) is 6.42 Å². The number of hydrogen-bond donors (Lipinski definition) is 1. The molecular formula is C31H34N2O3. The fraction of sp³-hybridized carbons (Fsp3) is 0.387. The lowest BCUT2D eigenvalue weighted by Gasteiger charge is -2.44. The molecule has 3 aromatic carbocycles. The molecule has 5 nitrogen and oxygen atoms in total. The first-order valence-electron chi connectivity index (χ1n) is 13.2. The number of phenolic OH excluding ortho intramolecular Hbond substituents is 1. The summed E-state index contributed by atoms with van der Waals surface area (Å²) < 4.78 is 6.17. The van der Waals surface area contributed by atoms with Gasteiger partial charge >= 0.3 is 0 Å². The molecule has 1 saturated heterocycles. The minimum absolute atomic E-state index is 0.0684. The number of benzene rings is 3. The van der Waals surface area contributed by atoms with Crippen LogP contribution in [0.1, 0.15) is 59.3 Å². The first-order chi connectivity index (χ1) is 17.6. The fourth-order valence-corrected chi connectivity index (χ4v) is 6.10. The van der Waals surface area contributed by atoms with E-state index in [1.807, 2.05) is 54.6 Å². The van der Waals surface area contributed by atoms with Crippen molar-refractivity contribution in [1.29, 1.82) is 0 Å². The monoisotopic (exact) mass is 482 g/mol. The smallest absolute Gasteiger partial charge is 0.255 e. The zero-order valence-electron chi connectivity index (χ0n) is 20.9. The van der Waals surface area contributed by atoms with Crippen molar-refractivity contribution < 1.29 is 14.6 Å². The molecule has 5 heteroatoms. The molecule has 2 aliphatic heterocycles. The number of carbonyl (C=O) groups is 1. The summed E-state index contributed by atoms with van der Waals surface area (Å²) in [5.74, 6) is 1.80. The van der Waals surface area contributed by atoms with Gasteiger partial charge in [-0.2, -0.15) is 0 Å². The molecule has 0 aromatic heterocycles. The summed E-state index contributed by atoms with van der Waals surface area (Å²) >= 11 is 0. The van der Waals surface area contributed by atoms with Crippen LogP contribution in [0.5, 0.6) is 11.5 Å². The highest BCUT2D eigenvalue weighted by Crippen LogP contribution is 2.55. The van der Waals surface area contributed by atoms with Gasteiger partial charge in [-0.25, -0.2) is 0 Å². The number of fused-ring (bicyclic) bond motifs is 1. The minimum Gasteiger partial charge on any atom is -0.508 e. The van der Waals surface area contributed by atoms with Crippen molar-refractivity contribution >= 4 is 5.91 Å². The van der Waals surface area contributed by atoms with E-state index in [2.05, 4.69) is 28.9 Å². The molecule has 0 radical (unpaired) electrons. The molecule has 0 unspecified atom stereocenters. The van der Waals surface area contributed by atoms with E-state index < -0.39 is 0 Å². The number of aromatic hydroxyl groups is 1. The van der Waals surface area contributed by atoms with E-state index in [9.17, 15) is 9.90 Å². The van der Waals surface area contributed by atoms with Gasteiger partial charge in [0.15, 0.2) is 0 Å². The molecule has 1 N–H and O–H groups in total. The lowest BCUT2D eigenvalue weighted by atomic mass is 9.82. The van der Waals surface area contributed by atoms with E-state index >= 15 is 0 Å². The first-order valence-corrected chi connectivity index (χ1v) is 13.2. The number of nitrogens with zero attached hydrogens (tertiary/aromatic N) is 2. The second-order valence-electron chi connectivity index (χ2n) is 10.7. The Bertz CT molecular complexity index is 1240. The van der Waals surface area contributed by atoms with Crippen LogP contribution in [0.4, 0.5) is 0 Å². The second-order valence-corrected chi connectivity index (χ2v) is 10.7. The second kappa shape index (κ2) is 9.29. The third kappa shape index (κ3) is 4.26. The normalized spacial score (nSPS) is 22.4. The van der Waals surface area contributed by atoms with Gasteiger partial charge < -0.3 is 19.6 Å². The molecule has 3 aliphatic rings. The van der Waals surface area contributed by atoms with E-state index in [4.69, 9.17) is 4.74 Å². The van der Waals surface area contributed by atoms with Crippen molar-refractivity contribution in [1.82, 2.24) is 9.80 Å². The van der Waals surface area contributed by atoms with E-state index in [0.717, 1.165) is 67.9 Å². The predicted molar refractivity (Wildman–Crippen MR) is 140 cm³/mol. The average Bonchev–Trinajstić information content (AvgIpc) is 3.50. The maximum atomic E-state index is 13.9. The van der Waals surface area contributed by atoms with Crippen LogP contribution in [0.3, 0.4) is 0 Å². The zero-order valence-corrected chi connectivity index (χ0v) is 20.9. The third-order valence-electron chi connectivity index (χ3n) is 8.28. The molecule has 2 fully saturated rings. The van der Waals surface area contributed by atoms with Crippen LogP contribution in [0.15, 0.2) is 72.8 Å². The Kier molecular flexibility index (Phi) is 5.96. The first kappa shape index (κ1) is 23.1. The number of carbonyl (C=O) groups excluding carboxylic acids is 1. The summed E-state index contributed by atoms with van der Waals surface area (Å²) in [7, 11) is 0. The molecule has 2 atom stereocenters. The Morgan fingerprint density at radius 1 is 1.06 bits per heavy atom. The zero-order chi connectivity index (χ0) is 24.7.